The van der Waals surface area contributed by atoms with Crippen LogP contribution in [-0.2, 0) is 0 Å². The average molecular weight is 284 g/mol. The fourth-order valence-electron chi connectivity index (χ4n) is 2.45. The summed E-state index contributed by atoms with van der Waals surface area (Å²) in [6.45, 7) is 0.606. The Bertz CT molecular complexity index is 627. The van der Waals surface area contributed by atoms with Crippen molar-refractivity contribution < 1.29 is 8.78 Å². The number of benzene rings is 2. The quantitative estimate of drug-likeness (QED) is 0.811. The zero-order valence-electron chi connectivity index (χ0n) is 11.3. The molecule has 0 saturated carbocycles. The minimum atomic E-state index is -0.271. The van der Waals surface area contributed by atoms with Crippen LogP contribution in [0.5, 0.6) is 0 Å². The van der Waals surface area contributed by atoms with Crippen LogP contribution in [0.4, 0.5) is 8.78 Å². The first-order valence-corrected chi connectivity index (χ1v) is 6.79. The van der Waals surface area contributed by atoms with Gasteiger partial charge in [-0.15, -0.1) is 0 Å². The van der Waals surface area contributed by atoms with Crippen LogP contribution < -0.4 is 0 Å². The highest BCUT2D eigenvalue weighted by Crippen LogP contribution is 2.29. The van der Waals surface area contributed by atoms with Crippen LogP contribution in [-0.4, -0.2) is 18.6 Å². The van der Waals surface area contributed by atoms with Crippen molar-refractivity contribution in [1.29, 1.82) is 0 Å². The lowest BCUT2D eigenvalue weighted by molar-refractivity contribution is 0.625. The molecule has 4 heteroatoms. The first-order chi connectivity index (χ1) is 10.2. The van der Waals surface area contributed by atoms with Crippen molar-refractivity contribution in [3.8, 4) is 0 Å². The zero-order valence-corrected chi connectivity index (χ0v) is 11.3. The average Bonchev–Trinajstić information content (AvgIpc) is 3.00. The predicted molar refractivity (Wildman–Crippen MR) is 80.1 cm³/mol. The summed E-state index contributed by atoms with van der Waals surface area (Å²) in [4.78, 5) is 8.55. The molecule has 0 radical (unpaired) electrons. The normalized spacial score (nSPS) is 13.8. The molecule has 3 rings (SSSR count). The smallest absolute Gasteiger partial charge is 0.124 e. The van der Waals surface area contributed by atoms with Crippen LogP contribution in [0, 0.1) is 11.6 Å². The van der Waals surface area contributed by atoms with Crippen molar-refractivity contribution in [3.05, 3.63) is 71.3 Å². The summed E-state index contributed by atoms with van der Waals surface area (Å²) in [6, 6.07) is 12.8. The Balaban J connectivity index is 1.95. The number of rotatable bonds is 4. The zero-order chi connectivity index (χ0) is 14.7. The first kappa shape index (κ1) is 13.6. The van der Waals surface area contributed by atoms with Crippen molar-refractivity contribution in [1.82, 2.24) is 0 Å². The summed E-state index contributed by atoms with van der Waals surface area (Å²) >= 11 is 0. The van der Waals surface area contributed by atoms with E-state index in [0.29, 0.717) is 13.0 Å². The molecule has 1 aliphatic rings. The Morgan fingerprint density at radius 1 is 0.857 bits per heavy atom. The molecule has 0 spiro atoms. The molecule has 1 aliphatic heterocycles. The lowest BCUT2D eigenvalue weighted by atomic mass is 9.88. The predicted octanol–water partition coefficient (Wildman–Crippen LogP) is 3.97. The molecule has 106 valence electrons. The van der Waals surface area contributed by atoms with E-state index in [9.17, 15) is 8.78 Å². The maximum atomic E-state index is 13.1. The second-order valence-corrected chi connectivity index (χ2v) is 4.93. The van der Waals surface area contributed by atoms with E-state index in [1.165, 1.54) is 24.3 Å². The highest BCUT2D eigenvalue weighted by atomic mass is 19.1. The summed E-state index contributed by atoms with van der Waals surface area (Å²) in [5.74, 6) is 0.217. The van der Waals surface area contributed by atoms with Gasteiger partial charge in [-0.3, -0.25) is 4.99 Å². The molecule has 0 bridgehead atoms. The Morgan fingerprint density at radius 2 is 1.38 bits per heavy atom. The molecule has 2 aromatic carbocycles. The summed E-state index contributed by atoms with van der Waals surface area (Å²) in [5, 5.41) is 0. The van der Waals surface area contributed by atoms with Gasteiger partial charge in [0.25, 0.3) is 0 Å². The van der Waals surface area contributed by atoms with Crippen LogP contribution in [0.25, 0.3) is 0 Å². The maximum Gasteiger partial charge on any atom is 0.124 e. The standard InChI is InChI=1S/C17H14F2N2/c18-14-5-1-12(2-6-14)16(11-17-20-9-10-21-17)13-3-7-15(19)8-4-13/h1-9,16H,10-11H2. The van der Waals surface area contributed by atoms with E-state index >= 15 is 0 Å². The topological polar surface area (TPSA) is 24.7 Å². The summed E-state index contributed by atoms with van der Waals surface area (Å²) in [6.07, 6.45) is 2.38. The maximum absolute atomic E-state index is 13.1. The Kier molecular flexibility index (Phi) is 3.86. The van der Waals surface area contributed by atoms with Crippen molar-refractivity contribution in [3.63, 3.8) is 0 Å². The highest BCUT2D eigenvalue weighted by molar-refractivity contribution is 5.95. The third kappa shape index (κ3) is 3.21. The van der Waals surface area contributed by atoms with E-state index in [1.54, 1.807) is 30.5 Å². The van der Waals surface area contributed by atoms with Crippen molar-refractivity contribution >= 4 is 12.1 Å². The molecule has 2 nitrogen and oxygen atoms in total. The van der Waals surface area contributed by atoms with Gasteiger partial charge < -0.3 is 0 Å². The Morgan fingerprint density at radius 3 is 1.81 bits per heavy atom. The minimum absolute atomic E-state index is 0.0137. The number of amidine groups is 1. The number of hydrogen-bond donors (Lipinski definition) is 0. The second kappa shape index (κ2) is 5.95. The number of halogens is 2. The largest absolute Gasteiger partial charge is 0.265 e. The van der Waals surface area contributed by atoms with Gasteiger partial charge in [0.15, 0.2) is 0 Å². The van der Waals surface area contributed by atoms with Gasteiger partial charge in [-0.2, -0.15) is 0 Å². The van der Waals surface area contributed by atoms with Crippen molar-refractivity contribution in [2.24, 2.45) is 9.98 Å². The molecule has 0 aromatic heterocycles. The molecule has 2 aromatic rings. The van der Waals surface area contributed by atoms with E-state index < -0.39 is 0 Å². The van der Waals surface area contributed by atoms with Gasteiger partial charge in [0.1, 0.15) is 17.5 Å². The van der Waals surface area contributed by atoms with Gasteiger partial charge in [0.05, 0.1) is 6.54 Å². The van der Waals surface area contributed by atoms with Gasteiger partial charge in [-0.25, -0.2) is 13.8 Å². The number of aliphatic imine (C=N–C) groups is 2. The molecule has 0 N–H and O–H groups in total. The van der Waals surface area contributed by atoms with Gasteiger partial charge in [-0.05, 0) is 35.4 Å². The Labute approximate surface area is 121 Å². The van der Waals surface area contributed by atoms with Crippen LogP contribution in [0.1, 0.15) is 23.5 Å². The van der Waals surface area contributed by atoms with Crippen molar-refractivity contribution in [2.75, 3.05) is 6.54 Å². The van der Waals surface area contributed by atoms with Crippen LogP contribution in [0.3, 0.4) is 0 Å². The molecule has 0 atom stereocenters. The van der Waals surface area contributed by atoms with Gasteiger partial charge in [-0.1, -0.05) is 24.3 Å². The van der Waals surface area contributed by atoms with Gasteiger partial charge in [0, 0.05) is 18.6 Å². The third-order valence-corrected chi connectivity index (χ3v) is 3.53. The van der Waals surface area contributed by atoms with E-state index in [4.69, 9.17) is 0 Å². The summed E-state index contributed by atoms with van der Waals surface area (Å²) in [7, 11) is 0. The summed E-state index contributed by atoms with van der Waals surface area (Å²) in [5.41, 5.74) is 1.93. The monoisotopic (exact) mass is 284 g/mol. The lowest BCUT2D eigenvalue weighted by Gasteiger charge is -2.17. The number of nitrogens with zero attached hydrogens (tertiary/aromatic N) is 2. The molecule has 21 heavy (non-hydrogen) atoms. The third-order valence-electron chi connectivity index (χ3n) is 3.53. The molecule has 0 aliphatic carbocycles. The van der Waals surface area contributed by atoms with Crippen molar-refractivity contribution in [2.45, 2.75) is 12.3 Å². The van der Waals surface area contributed by atoms with Crippen LogP contribution in [0.15, 0.2) is 58.5 Å². The highest BCUT2D eigenvalue weighted by Gasteiger charge is 2.18. The van der Waals surface area contributed by atoms with E-state index in [0.717, 1.165) is 17.0 Å². The molecule has 0 fully saturated rings. The van der Waals surface area contributed by atoms with Crippen LogP contribution in [0.2, 0.25) is 0 Å². The van der Waals surface area contributed by atoms with Crippen LogP contribution >= 0.6 is 0 Å². The Hall–Kier alpha value is -2.36. The molecule has 0 saturated heterocycles. The molecule has 1 heterocycles. The molecular formula is C17H14F2N2. The first-order valence-electron chi connectivity index (χ1n) is 6.79. The fraction of sp³-hybridized carbons (Fsp3) is 0.176. The van der Waals surface area contributed by atoms with Gasteiger partial charge in [0.2, 0.25) is 0 Å². The minimum Gasteiger partial charge on any atom is -0.265 e. The SMILES string of the molecule is Fc1ccc(C(CC2=NCC=N2)c2ccc(F)cc2)cc1. The molecule has 0 unspecified atom stereocenters. The molecular weight excluding hydrogens is 270 g/mol. The number of hydrogen-bond acceptors (Lipinski definition) is 2. The van der Waals surface area contributed by atoms with E-state index in [2.05, 4.69) is 9.98 Å². The molecule has 0 amide bonds. The fourth-order valence-corrected chi connectivity index (χ4v) is 2.45. The lowest BCUT2D eigenvalue weighted by Crippen LogP contribution is -2.07. The van der Waals surface area contributed by atoms with E-state index in [-0.39, 0.29) is 17.6 Å². The van der Waals surface area contributed by atoms with Gasteiger partial charge >= 0.3 is 0 Å². The summed E-state index contributed by atoms with van der Waals surface area (Å²) < 4.78 is 26.2. The second-order valence-electron chi connectivity index (χ2n) is 4.93. The van der Waals surface area contributed by atoms with E-state index in [1.807, 2.05) is 0 Å².